The van der Waals surface area contributed by atoms with Crippen LogP contribution in [0.5, 0.6) is 0 Å². The van der Waals surface area contributed by atoms with Crippen molar-refractivity contribution in [2.45, 2.75) is 33.5 Å². The lowest BCUT2D eigenvalue weighted by atomic mass is 10.2. The van der Waals surface area contributed by atoms with Gasteiger partial charge in [-0.1, -0.05) is 23.9 Å². The van der Waals surface area contributed by atoms with E-state index in [1.165, 1.54) is 6.07 Å². The van der Waals surface area contributed by atoms with Gasteiger partial charge in [-0.25, -0.2) is 0 Å². The first-order valence-electron chi connectivity index (χ1n) is 5.52. The average molecular weight is 305 g/mol. The predicted molar refractivity (Wildman–Crippen MR) is 67.2 cm³/mol. The van der Waals surface area contributed by atoms with E-state index in [1.807, 2.05) is 0 Å². The Labute approximate surface area is 116 Å². The molecule has 1 aliphatic heterocycles. The second-order valence-electron chi connectivity index (χ2n) is 4.01. The van der Waals surface area contributed by atoms with E-state index >= 15 is 0 Å². The number of hydrogen-bond acceptors (Lipinski definition) is 7. The minimum Gasteiger partial charge on any atom is -0.768 e. The number of aliphatic hydroxyl groups is 3. The van der Waals surface area contributed by atoms with Gasteiger partial charge in [0.15, 0.2) is 0 Å². The van der Waals surface area contributed by atoms with E-state index in [4.69, 9.17) is 9.84 Å². The summed E-state index contributed by atoms with van der Waals surface area (Å²) < 4.78 is 27.4. The molecule has 1 aromatic rings. The molecule has 19 heavy (non-hydrogen) atoms. The van der Waals surface area contributed by atoms with E-state index in [-0.39, 0.29) is 4.90 Å². The van der Waals surface area contributed by atoms with Crippen LogP contribution in [-0.4, -0.2) is 54.4 Å². The second-order valence-corrected chi connectivity index (χ2v) is 6.06. The summed E-state index contributed by atoms with van der Waals surface area (Å²) in [4.78, 5) is 0.524. The molecule has 1 fully saturated rings. The lowest BCUT2D eigenvalue weighted by Crippen LogP contribution is -2.33. The van der Waals surface area contributed by atoms with Crippen LogP contribution in [-0.2, 0) is 15.8 Å². The third-order valence-corrected chi connectivity index (χ3v) is 4.85. The molecule has 1 aromatic carbocycles. The van der Waals surface area contributed by atoms with Crippen LogP contribution in [0.3, 0.4) is 0 Å². The van der Waals surface area contributed by atoms with Crippen LogP contribution in [0.15, 0.2) is 34.1 Å². The molecule has 0 aromatic heterocycles. The normalized spacial score (nSPS) is 32.4. The van der Waals surface area contributed by atoms with E-state index in [1.54, 1.807) is 18.2 Å². The molecule has 0 amide bonds. The molecule has 0 saturated carbocycles. The smallest absolute Gasteiger partial charge is 0.136 e. The molecule has 5 atom stereocenters. The van der Waals surface area contributed by atoms with Gasteiger partial charge in [-0.2, -0.15) is 0 Å². The van der Waals surface area contributed by atoms with Crippen molar-refractivity contribution >= 4 is 22.8 Å². The van der Waals surface area contributed by atoms with Gasteiger partial charge < -0.3 is 24.6 Å². The van der Waals surface area contributed by atoms with Gasteiger partial charge in [-0.15, -0.1) is 0 Å². The topological polar surface area (TPSA) is 110 Å². The lowest BCUT2D eigenvalue weighted by Gasteiger charge is -2.17. The summed E-state index contributed by atoms with van der Waals surface area (Å²) in [7, 11) is 0. The van der Waals surface area contributed by atoms with Crippen LogP contribution in [0.25, 0.3) is 0 Å². The highest BCUT2D eigenvalue weighted by molar-refractivity contribution is 8.00. The zero-order valence-corrected chi connectivity index (χ0v) is 11.3. The third kappa shape index (κ3) is 3.16. The Balaban J connectivity index is 2.16. The average Bonchev–Trinajstić information content (AvgIpc) is 2.67. The van der Waals surface area contributed by atoms with E-state index in [9.17, 15) is 19.0 Å². The SMILES string of the molecule is O=S([O-])c1ccccc1S[C@@H]1O[C@H](CO)[C@H](O)[C@H]1O. The predicted octanol–water partition coefficient (Wildman–Crippen LogP) is -0.544. The van der Waals surface area contributed by atoms with Crippen LogP contribution in [0.4, 0.5) is 0 Å². The van der Waals surface area contributed by atoms with E-state index < -0.39 is 41.4 Å². The molecule has 106 valence electrons. The Morgan fingerprint density at radius 1 is 1.32 bits per heavy atom. The molecule has 1 heterocycles. The van der Waals surface area contributed by atoms with E-state index in [0.29, 0.717) is 4.90 Å². The van der Waals surface area contributed by atoms with Gasteiger partial charge in [0.1, 0.15) is 23.7 Å². The van der Waals surface area contributed by atoms with Gasteiger partial charge in [-0.05, 0) is 23.2 Å². The minimum absolute atomic E-state index is 0.102. The number of ether oxygens (including phenoxy) is 1. The summed E-state index contributed by atoms with van der Waals surface area (Å²) in [6.45, 7) is -0.412. The van der Waals surface area contributed by atoms with Crippen molar-refractivity contribution in [3.05, 3.63) is 24.3 Å². The summed E-state index contributed by atoms with van der Waals surface area (Å²) >= 11 is -1.39. The van der Waals surface area contributed by atoms with Crippen LogP contribution in [0.1, 0.15) is 0 Å². The molecule has 3 N–H and O–H groups in total. The third-order valence-electron chi connectivity index (χ3n) is 2.77. The molecule has 0 spiro atoms. The van der Waals surface area contributed by atoms with Crippen molar-refractivity contribution in [2.75, 3.05) is 6.61 Å². The van der Waals surface area contributed by atoms with E-state index in [0.717, 1.165) is 11.8 Å². The van der Waals surface area contributed by atoms with Crippen LogP contribution in [0, 0.1) is 0 Å². The minimum atomic E-state index is -2.39. The van der Waals surface area contributed by atoms with Crippen LogP contribution >= 0.6 is 11.8 Å². The Hall–Kier alpha value is -0.480. The first-order chi connectivity index (χ1) is 9.04. The van der Waals surface area contributed by atoms with Crippen molar-refractivity contribution in [2.24, 2.45) is 0 Å². The lowest BCUT2D eigenvalue weighted by molar-refractivity contribution is -0.00809. The number of rotatable bonds is 4. The van der Waals surface area contributed by atoms with Gasteiger partial charge in [0.25, 0.3) is 0 Å². The van der Waals surface area contributed by atoms with Crippen molar-refractivity contribution in [3.63, 3.8) is 0 Å². The number of thioether (sulfide) groups is 1. The Kier molecular flexibility index (Phi) is 4.96. The van der Waals surface area contributed by atoms with E-state index in [2.05, 4.69) is 0 Å². The number of aliphatic hydroxyl groups excluding tert-OH is 3. The fourth-order valence-corrected chi connectivity index (χ4v) is 3.63. The molecule has 0 bridgehead atoms. The first-order valence-corrected chi connectivity index (χ1v) is 7.47. The molecule has 1 saturated heterocycles. The quantitative estimate of drug-likeness (QED) is 0.640. The Bertz CT molecular complexity index is 468. The van der Waals surface area contributed by atoms with Crippen molar-refractivity contribution < 1.29 is 28.8 Å². The van der Waals surface area contributed by atoms with Crippen molar-refractivity contribution in [1.82, 2.24) is 0 Å². The molecular formula is C11H13O6S2-. The largest absolute Gasteiger partial charge is 0.768 e. The molecule has 1 unspecified atom stereocenters. The fraction of sp³-hybridized carbons (Fsp3) is 0.455. The van der Waals surface area contributed by atoms with Crippen LogP contribution < -0.4 is 0 Å². The molecule has 1 aliphatic rings. The summed E-state index contributed by atoms with van der Waals surface area (Å²) in [5.41, 5.74) is -0.822. The van der Waals surface area contributed by atoms with Gasteiger partial charge in [0.2, 0.25) is 0 Å². The number of benzene rings is 1. The fourth-order valence-electron chi connectivity index (χ4n) is 1.77. The highest BCUT2D eigenvalue weighted by Crippen LogP contribution is 2.36. The highest BCUT2D eigenvalue weighted by Gasteiger charge is 2.42. The Morgan fingerprint density at radius 2 is 2.00 bits per heavy atom. The maximum Gasteiger partial charge on any atom is 0.136 e. The summed E-state index contributed by atoms with van der Waals surface area (Å²) in [5.74, 6) is 0. The Morgan fingerprint density at radius 3 is 2.58 bits per heavy atom. The molecule has 2 rings (SSSR count). The molecular weight excluding hydrogens is 292 g/mol. The van der Waals surface area contributed by atoms with Crippen molar-refractivity contribution in [1.29, 1.82) is 0 Å². The summed E-state index contributed by atoms with van der Waals surface area (Å²) in [5, 5.41) is 28.4. The van der Waals surface area contributed by atoms with Gasteiger partial charge in [0, 0.05) is 9.79 Å². The van der Waals surface area contributed by atoms with Gasteiger partial charge in [-0.3, -0.25) is 4.21 Å². The summed E-state index contributed by atoms with van der Waals surface area (Å²) in [6, 6.07) is 6.28. The highest BCUT2D eigenvalue weighted by atomic mass is 32.2. The standard InChI is InChI=1S/C11H14O6S2/c12-5-6-9(13)10(14)11(17-6)18-7-3-1-2-4-8(7)19(15)16/h1-4,6,9-14H,5H2,(H,15,16)/p-1/t6-,9+,10-,11+/m1/s1. The maximum atomic E-state index is 11.1. The molecule has 8 heteroatoms. The number of hydrogen-bond donors (Lipinski definition) is 3. The zero-order valence-electron chi connectivity index (χ0n) is 9.71. The van der Waals surface area contributed by atoms with Gasteiger partial charge >= 0.3 is 0 Å². The van der Waals surface area contributed by atoms with Crippen molar-refractivity contribution in [3.8, 4) is 0 Å². The zero-order chi connectivity index (χ0) is 14.0. The van der Waals surface area contributed by atoms with Crippen LogP contribution in [0.2, 0.25) is 0 Å². The maximum absolute atomic E-state index is 11.1. The first kappa shape index (κ1) is 14.9. The van der Waals surface area contributed by atoms with Gasteiger partial charge in [0.05, 0.1) is 6.61 Å². The molecule has 0 aliphatic carbocycles. The second kappa shape index (κ2) is 6.31. The monoisotopic (exact) mass is 305 g/mol. The molecule has 0 radical (unpaired) electrons. The summed E-state index contributed by atoms with van der Waals surface area (Å²) in [6.07, 6.45) is -3.24. The molecule has 6 nitrogen and oxygen atoms in total.